The monoisotopic (exact) mass is 428 g/mol. The lowest BCUT2D eigenvalue weighted by molar-refractivity contribution is 0.0954. The summed E-state index contributed by atoms with van der Waals surface area (Å²) in [7, 11) is 0. The molecule has 1 amide bonds. The molecule has 0 radical (unpaired) electrons. The SMILES string of the molecule is Cc1ccccc1C(=O)N/N=C\c1c(OCc2ccc(Cl)cc2)ccc2ccccc12. The van der Waals surface area contributed by atoms with Gasteiger partial charge in [0, 0.05) is 16.1 Å². The molecule has 4 rings (SSSR count). The number of fused-ring (bicyclic) bond motifs is 1. The van der Waals surface area contributed by atoms with E-state index in [2.05, 4.69) is 10.5 Å². The summed E-state index contributed by atoms with van der Waals surface area (Å²) in [5.41, 5.74) is 5.92. The minimum absolute atomic E-state index is 0.252. The van der Waals surface area contributed by atoms with Crippen molar-refractivity contribution in [3.05, 3.63) is 112 Å². The number of nitrogens with zero attached hydrogens (tertiary/aromatic N) is 1. The third kappa shape index (κ3) is 4.93. The molecule has 4 aromatic carbocycles. The van der Waals surface area contributed by atoms with Gasteiger partial charge >= 0.3 is 0 Å². The predicted octanol–water partition coefficient (Wildman–Crippen LogP) is 6.14. The highest BCUT2D eigenvalue weighted by Gasteiger charge is 2.09. The number of hydrogen-bond acceptors (Lipinski definition) is 3. The molecule has 0 aliphatic rings. The van der Waals surface area contributed by atoms with Crippen molar-refractivity contribution in [1.29, 1.82) is 0 Å². The third-order valence-electron chi connectivity index (χ3n) is 4.99. The van der Waals surface area contributed by atoms with Crippen molar-refractivity contribution in [1.82, 2.24) is 5.43 Å². The standard InChI is InChI=1S/C26H21ClN2O2/c1-18-6-2-4-8-22(18)26(30)29-28-16-24-23-9-5-3-7-20(23)12-15-25(24)31-17-19-10-13-21(27)14-11-19/h2-16H,17H2,1H3,(H,29,30)/b28-16-. The molecule has 0 aliphatic heterocycles. The Bertz CT molecular complexity index is 1250. The minimum atomic E-state index is -0.252. The first-order chi connectivity index (χ1) is 15.1. The Labute approximate surface area is 186 Å². The van der Waals surface area contributed by atoms with Gasteiger partial charge in [0.2, 0.25) is 0 Å². The van der Waals surface area contributed by atoms with Gasteiger partial charge in [-0.2, -0.15) is 5.10 Å². The van der Waals surface area contributed by atoms with Crippen molar-refractivity contribution in [2.24, 2.45) is 5.10 Å². The Morgan fingerprint density at radius 1 is 0.968 bits per heavy atom. The van der Waals surface area contributed by atoms with Gasteiger partial charge < -0.3 is 4.74 Å². The summed E-state index contributed by atoms with van der Waals surface area (Å²) in [5, 5.41) is 6.95. The zero-order chi connectivity index (χ0) is 21.6. The highest BCUT2D eigenvalue weighted by Crippen LogP contribution is 2.27. The van der Waals surface area contributed by atoms with Crippen LogP contribution in [0.1, 0.15) is 27.0 Å². The normalized spacial score (nSPS) is 11.0. The van der Waals surface area contributed by atoms with Crippen LogP contribution in [0.4, 0.5) is 0 Å². The van der Waals surface area contributed by atoms with E-state index in [9.17, 15) is 4.79 Å². The quantitative estimate of drug-likeness (QED) is 0.296. The van der Waals surface area contributed by atoms with Crippen LogP contribution in [-0.4, -0.2) is 12.1 Å². The van der Waals surface area contributed by atoms with Crippen LogP contribution in [0.15, 0.2) is 90.0 Å². The van der Waals surface area contributed by atoms with E-state index in [-0.39, 0.29) is 5.91 Å². The van der Waals surface area contributed by atoms with Crippen molar-refractivity contribution in [2.75, 3.05) is 0 Å². The van der Waals surface area contributed by atoms with E-state index in [0.717, 1.165) is 27.5 Å². The van der Waals surface area contributed by atoms with E-state index >= 15 is 0 Å². The molecule has 0 atom stereocenters. The van der Waals surface area contributed by atoms with Crippen LogP contribution in [0.5, 0.6) is 5.75 Å². The molecule has 5 heteroatoms. The summed E-state index contributed by atoms with van der Waals surface area (Å²) in [6, 6.07) is 26.9. The van der Waals surface area contributed by atoms with Crippen LogP contribution in [0.25, 0.3) is 10.8 Å². The van der Waals surface area contributed by atoms with Gasteiger partial charge in [0.1, 0.15) is 12.4 Å². The van der Waals surface area contributed by atoms with Crippen molar-refractivity contribution in [3.8, 4) is 5.75 Å². The van der Waals surface area contributed by atoms with Crippen LogP contribution in [-0.2, 0) is 6.61 Å². The highest BCUT2D eigenvalue weighted by atomic mass is 35.5. The lowest BCUT2D eigenvalue weighted by Crippen LogP contribution is -2.18. The summed E-state index contributed by atoms with van der Waals surface area (Å²) >= 11 is 5.96. The molecule has 0 aliphatic carbocycles. The maximum absolute atomic E-state index is 12.5. The second-order valence-electron chi connectivity index (χ2n) is 7.13. The molecule has 31 heavy (non-hydrogen) atoms. The first-order valence-electron chi connectivity index (χ1n) is 9.90. The van der Waals surface area contributed by atoms with Gasteiger partial charge in [-0.25, -0.2) is 5.43 Å². The van der Waals surface area contributed by atoms with Gasteiger partial charge in [0.25, 0.3) is 5.91 Å². The zero-order valence-corrected chi connectivity index (χ0v) is 17.8. The molecule has 4 nitrogen and oxygen atoms in total. The summed E-state index contributed by atoms with van der Waals surface area (Å²) in [6.45, 7) is 2.29. The lowest BCUT2D eigenvalue weighted by atomic mass is 10.0. The Balaban J connectivity index is 1.59. The predicted molar refractivity (Wildman–Crippen MR) is 126 cm³/mol. The number of hydrazone groups is 1. The van der Waals surface area contributed by atoms with E-state index in [1.54, 1.807) is 12.3 Å². The van der Waals surface area contributed by atoms with Crippen LogP contribution in [0.3, 0.4) is 0 Å². The Morgan fingerprint density at radius 2 is 1.71 bits per heavy atom. The fourth-order valence-corrected chi connectivity index (χ4v) is 3.45. The average molecular weight is 429 g/mol. The van der Waals surface area contributed by atoms with E-state index in [0.29, 0.717) is 22.9 Å². The lowest BCUT2D eigenvalue weighted by Gasteiger charge is -2.12. The van der Waals surface area contributed by atoms with E-state index < -0.39 is 0 Å². The van der Waals surface area contributed by atoms with Crippen LogP contribution < -0.4 is 10.2 Å². The average Bonchev–Trinajstić information content (AvgIpc) is 2.79. The van der Waals surface area contributed by atoms with Crippen molar-refractivity contribution in [2.45, 2.75) is 13.5 Å². The molecule has 0 bridgehead atoms. The van der Waals surface area contributed by atoms with Gasteiger partial charge in [-0.05, 0) is 53.1 Å². The number of amides is 1. The highest BCUT2D eigenvalue weighted by molar-refractivity contribution is 6.30. The molecule has 0 aromatic heterocycles. The maximum atomic E-state index is 12.5. The van der Waals surface area contributed by atoms with Gasteiger partial charge in [-0.1, -0.05) is 72.3 Å². The molecule has 0 saturated carbocycles. The van der Waals surface area contributed by atoms with Gasteiger partial charge in [0.05, 0.1) is 6.21 Å². The first-order valence-corrected chi connectivity index (χ1v) is 10.3. The summed E-state index contributed by atoms with van der Waals surface area (Å²) in [4.78, 5) is 12.5. The Morgan fingerprint density at radius 3 is 2.52 bits per heavy atom. The van der Waals surface area contributed by atoms with E-state index in [1.807, 2.05) is 85.8 Å². The van der Waals surface area contributed by atoms with Crippen LogP contribution >= 0.6 is 11.6 Å². The molecule has 1 N–H and O–H groups in total. The number of carbonyl (C=O) groups is 1. The fraction of sp³-hybridized carbons (Fsp3) is 0.0769. The third-order valence-corrected chi connectivity index (χ3v) is 5.24. The van der Waals surface area contributed by atoms with Crippen molar-refractivity contribution in [3.63, 3.8) is 0 Å². The largest absolute Gasteiger partial charge is 0.488 e. The van der Waals surface area contributed by atoms with Crippen LogP contribution in [0.2, 0.25) is 5.02 Å². The number of carbonyl (C=O) groups excluding carboxylic acids is 1. The zero-order valence-electron chi connectivity index (χ0n) is 17.0. The number of benzene rings is 4. The molecule has 154 valence electrons. The number of halogens is 1. The molecule has 0 saturated heterocycles. The van der Waals surface area contributed by atoms with E-state index in [1.165, 1.54) is 0 Å². The molecule has 0 spiro atoms. The van der Waals surface area contributed by atoms with E-state index in [4.69, 9.17) is 16.3 Å². The van der Waals surface area contributed by atoms with Gasteiger partial charge in [0.15, 0.2) is 0 Å². The Hall–Kier alpha value is -3.63. The maximum Gasteiger partial charge on any atom is 0.271 e. The molecular formula is C26H21ClN2O2. The molecule has 0 heterocycles. The summed E-state index contributed by atoms with van der Waals surface area (Å²) < 4.78 is 6.09. The van der Waals surface area contributed by atoms with Gasteiger partial charge in [-0.15, -0.1) is 0 Å². The number of aryl methyl sites for hydroxylation is 1. The minimum Gasteiger partial charge on any atom is -0.488 e. The van der Waals surface area contributed by atoms with Crippen LogP contribution in [0, 0.1) is 6.92 Å². The fourth-order valence-electron chi connectivity index (χ4n) is 3.32. The summed E-state index contributed by atoms with van der Waals surface area (Å²) in [5.74, 6) is 0.431. The smallest absolute Gasteiger partial charge is 0.271 e. The molecule has 0 unspecified atom stereocenters. The number of ether oxygens (including phenoxy) is 1. The number of nitrogens with one attached hydrogen (secondary N) is 1. The van der Waals surface area contributed by atoms with Crippen molar-refractivity contribution < 1.29 is 9.53 Å². The second kappa shape index (κ2) is 9.45. The van der Waals surface area contributed by atoms with Crippen molar-refractivity contribution >= 4 is 34.5 Å². The number of hydrogen-bond donors (Lipinski definition) is 1. The number of rotatable bonds is 6. The second-order valence-corrected chi connectivity index (χ2v) is 7.56. The molecular weight excluding hydrogens is 408 g/mol. The topological polar surface area (TPSA) is 50.7 Å². The first kappa shape index (κ1) is 20.6. The summed E-state index contributed by atoms with van der Waals surface area (Å²) in [6.07, 6.45) is 1.63. The molecule has 4 aromatic rings. The molecule has 0 fully saturated rings. The van der Waals surface area contributed by atoms with Gasteiger partial charge in [-0.3, -0.25) is 4.79 Å². The Kier molecular flexibility index (Phi) is 6.29.